The van der Waals surface area contributed by atoms with E-state index in [0.717, 1.165) is 17.5 Å². The maximum atomic E-state index is 11.3. The zero-order valence-electron chi connectivity index (χ0n) is 10.1. The van der Waals surface area contributed by atoms with E-state index in [1.54, 1.807) is 6.92 Å². The predicted molar refractivity (Wildman–Crippen MR) is 66.0 cm³/mol. The van der Waals surface area contributed by atoms with Crippen LogP contribution >= 0.6 is 0 Å². The number of benzene rings is 1. The molecule has 0 aliphatic carbocycles. The van der Waals surface area contributed by atoms with Crippen LogP contribution in [0.25, 0.3) is 5.57 Å². The van der Waals surface area contributed by atoms with Crippen molar-refractivity contribution in [2.75, 3.05) is 6.61 Å². The predicted octanol–water partition coefficient (Wildman–Crippen LogP) is 2.72. The lowest BCUT2D eigenvalue weighted by Crippen LogP contribution is -2.00. The molecule has 0 aliphatic rings. The van der Waals surface area contributed by atoms with Gasteiger partial charge < -0.3 is 4.74 Å². The normalized spacial score (nSPS) is 10.8. The van der Waals surface area contributed by atoms with E-state index in [-0.39, 0.29) is 0 Å². The van der Waals surface area contributed by atoms with Crippen LogP contribution in [0, 0.1) is 11.3 Å². The second-order valence-electron chi connectivity index (χ2n) is 3.48. The molecule has 1 aromatic rings. The zero-order valence-corrected chi connectivity index (χ0v) is 10.1. The van der Waals surface area contributed by atoms with Gasteiger partial charge >= 0.3 is 5.97 Å². The first-order chi connectivity index (χ1) is 8.21. The van der Waals surface area contributed by atoms with Gasteiger partial charge in [-0.2, -0.15) is 5.26 Å². The van der Waals surface area contributed by atoms with Crippen molar-refractivity contribution in [2.45, 2.75) is 20.3 Å². The van der Waals surface area contributed by atoms with Crippen molar-refractivity contribution < 1.29 is 9.53 Å². The van der Waals surface area contributed by atoms with E-state index in [0.29, 0.717) is 12.2 Å². The molecule has 0 aromatic heterocycles. The second kappa shape index (κ2) is 6.49. The summed E-state index contributed by atoms with van der Waals surface area (Å²) in [7, 11) is 0. The number of nitriles is 1. The number of rotatable bonds is 4. The van der Waals surface area contributed by atoms with Crippen molar-refractivity contribution >= 4 is 11.5 Å². The molecule has 0 radical (unpaired) electrons. The number of esters is 1. The van der Waals surface area contributed by atoms with Crippen LogP contribution in [0.15, 0.2) is 30.3 Å². The largest absolute Gasteiger partial charge is 0.463 e. The molecular formula is C14H15NO2. The molecule has 0 atom stereocenters. The lowest BCUT2D eigenvalue weighted by Gasteiger charge is -2.02. The summed E-state index contributed by atoms with van der Waals surface area (Å²) in [5.41, 5.74) is 2.21. The van der Waals surface area contributed by atoms with Gasteiger partial charge in [-0.25, -0.2) is 4.79 Å². The topological polar surface area (TPSA) is 50.1 Å². The molecule has 1 aromatic carbocycles. The first-order valence-corrected chi connectivity index (χ1v) is 5.59. The minimum atomic E-state index is -0.481. The summed E-state index contributed by atoms with van der Waals surface area (Å²) in [5.74, 6) is -0.481. The fraction of sp³-hybridized carbons (Fsp3) is 0.286. The Labute approximate surface area is 101 Å². The summed E-state index contributed by atoms with van der Waals surface area (Å²) < 4.78 is 4.79. The van der Waals surface area contributed by atoms with Gasteiger partial charge in [-0.15, -0.1) is 0 Å². The van der Waals surface area contributed by atoms with Crippen LogP contribution in [-0.2, 0) is 16.0 Å². The van der Waals surface area contributed by atoms with Gasteiger partial charge in [0.1, 0.15) is 6.07 Å². The molecule has 17 heavy (non-hydrogen) atoms. The smallest absolute Gasteiger partial charge is 0.332 e. The second-order valence-corrected chi connectivity index (χ2v) is 3.48. The highest BCUT2D eigenvalue weighted by Crippen LogP contribution is 2.15. The molecule has 1 rings (SSSR count). The number of carbonyl (C=O) groups excluding carboxylic acids is 1. The summed E-state index contributed by atoms with van der Waals surface area (Å²) in [5, 5.41) is 9.03. The highest BCUT2D eigenvalue weighted by atomic mass is 16.5. The van der Waals surface area contributed by atoms with Crippen molar-refractivity contribution in [2.24, 2.45) is 0 Å². The Balaban J connectivity index is 3.01. The van der Waals surface area contributed by atoms with Crippen LogP contribution in [0.3, 0.4) is 0 Å². The Morgan fingerprint density at radius 1 is 1.47 bits per heavy atom. The number of ether oxygens (including phenoxy) is 1. The Morgan fingerprint density at radius 2 is 2.24 bits per heavy atom. The maximum absolute atomic E-state index is 11.3. The van der Waals surface area contributed by atoms with Gasteiger partial charge in [-0.1, -0.05) is 31.2 Å². The van der Waals surface area contributed by atoms with Gasteiger partial charge in [0, 0.05) is 6.08 Å². The van der Waals surface area contributed by atoms with E-state index < -0.39 is 5.97 Å². The van der Waals surface area contributed by atoms with Gasteiger partial charge in [0.15, 0.2) is 0 Å². The molecular weight excluding hydrogens is 214 g/mol. The fourth-order valence-corrected chi connectivity index (χ4v) is 1.44. The minimum absolute atomic E-state index is 0.309. The average molecular weight is 229 g/mol. The molecule has 0 saturated heterocycles. The standard InChI is InChI=1S/C14H15NO2/c1-3-11-6-5-7-12(8-11)13(10-15)9-14(16)17-4-2/h5-9H,3-4H2,1-2H3. The van der Waals surface area contributed by atoms with Crippen LogP contribution in [0.5, 0.6) is 0 Å². The summed E-state index contributed by atoms with van der Waals surface area (Å²) >= 11 is 0. The van der Waals surface area contributed by atoms with Gasteiger partial charge in [0.25, 0.3) is 0 Å². The van der Waals surface area contributed by atoms with E-state index in [4.69, 9.17) is 10.00 Å². The average Bonchev–Trinajstić information content (AvgIpc) is 2.36. The van der Waals surface area contributed by atoms with Crippen molar-refractivity contribution in [3.63, 3.8) is 0 Å². The summed E-state index contributed by atoms with van der Waals surface area (Å²) in [6.07, 6.45) is 2.13. The molecule has 0 bridgehead atoms. The zero-order chi connectivity index (χ0) is 12.7. The minimum Gasteiger partial charge on any atom is -0.463 e. The summed E-state index contributed by atoms with van der Waals surface area (Å²) in [6.45, 7) is 4.08. The number of hydrogen-bond acceptors (Lipinski definition) is 3. The van der Waals surface area contributed by atoms with Gasteiger partial charge in [0.2, 0.25) is 0 Å². The number of allylic oxidation sites excluding steroid dienone is 1. The van der Waals surface area contributed by atoms with Crippen LogP contribution in [0.4, 0.5) is 0 Å². The molecule has 0 saturated carbocycles. The number of carbonyl (C=O) groups is 1. The van der Waals surface area contributed by atoms with Crippen molar-refractivity contribution in [1.29, 1.82) is 5.26 Å². The molecule has 0 spiro atoms. The van der Waals surface area contributed by atoms with Crippen LogP contribution < -0.4 is 0 Å². The van der Waals surface area contributed by atoms with Gasteiger partial charge in [-0.3, -0.25) is 0 Å². The number of nitrogens with zero attached hydrogens (tertiary/aromatic N) is 1. The third-order valence-corrected chi connectivity index (χ3v) is 2.32. The van der Waals surface area contributed by atoms with E-state index in [1.165, 1.54) is 6.08 Å². The highest BCUT2D eigenvalue weighted by molar-refractivity contribution is 5.95. The van der Waals surface area contributed by atoms with Crippen LogP contribution in [0.2, 0.25) is 0 Å². The first kappa shape index (κ1) is 13.0. The van der Waals surface area contributed by atoms with Crippen molar-refractivity contribution in [1.82, 2.24) is 0 Å². The fourth-order valence-electron chi connectivity index (χ4n) is 1.44. The van der Waals surface area contributed by atoms with Crippen LogP contribution in [-0.4, -0.2) is 12.6 Å². The molecule has 0 aliphatic heterocycles. The number of aryl methyl sites for hydroxylation is 1. The Morgan fingerprint density at radius 3 is 2.82 bits per heavy atom. The molecule has 0 heterocycles. The van der Waals surface area contributed by atoms with E-state index in [9.17, 15) is 4.79 Å². The molecule has 0 fully saturated rings. The Kier molecular flexibility index (Phi) is 4.96. The lowest BCUT2D eigenvalue weighted by atomic mass is 10.0. The third-order valence-electron chi connectivity index (χ3n) is 2.32. The lowest BCUT2D eigenvalue weighted by molar-refractivity contribution is -0.137. The third kappa shape index (κ3) is 3.76. The van der Waals surface area contributed by atoms with Crippen molar-refractivity contribution in [3.05, 3.63) is 41.5 Å². The SMILES string of the molecule is CCOC(=O)C=C(C#N)c1cccc(CC)c1. The maximum Gasteiger partial charge on any atom is 0.332 e. The highest BCUT2D eigenvalue weighted by Gasteiger charge is 2.05. The van der Waals surface area contributed by atoms with Crippen molar-refractivity contribution in [3.8, 4) is 6.07 Å². The van der Waals surface area contributed by atoms with Gasteiger partial charge in [-0.05, 0) is 24.5 Å². The number of hydrogen-bond donors (Lipinski definition) is 0. The molecule has 3 heteroatoms. The molecule has 0 amide bonds. The monoisotopic (exact) mass is 229 g/mol. The van der Waals surface area contributed by atoms with Gasteiger partial charge in [0.05, 0.1) is 12.2 Å². The van der Waals surface area contributed by atoms with Crippen LogP contribution in [0.1, 0.15) is 25.0 Å². The summed E-state index contributed by atoms with van der Waals surface area (Å²) in [4.78, 5) is 11.3. The molecule has 88 valence electrons. The quantitative estimate of drug-likeness (QED) is 0.453. The molecule has 0 N–H and O–H groups in total. The first-order valence-electron chi connectivity index (χ1n) is 5.59. The van der Waals surface area contributed by atoms with E-state index in [1.807, 2.05) is 37.3 Å². The Hall–Kier alpha value is -2.08. The molecule has 0 unspecified atom stereocenters. The van der Waals surface area contributed by atoms with E-state index in [2.05, 4.69) is 0 Å². The Bertz CT molecular complexity index is 469. The van der Waals surface area contributed by atoms with E-state index >= 15 is 0 Å². The molecule has 3 nitrogen and oxygen atoms in total. The summed E-state index contributed by atoms with van der Waals surface area (Å²) in [6, 6.07) is 9.61.